The van der Waals surface area contributed by atoms with Crippen LogP contribution in [0.25, 0.3) is 0 Å². The fraction of sp³-hybridized carbons (Fsp3) is 0. The maximum atomic E-state index is 10.1. The standard InChI is InChI=1S/C20H12N4O.C6H6/c25-20-11-18-9-16-4-3-14(22-16)7-12-1-2-13(21-12)8-15-5-6-17(23-15)10-19(20)24-18;1-2-4-6-5-3-1/h1-11,25H;1-6H. The smallest absolute Gasteiger partial charge is 0.143 e. The molecule has 1 N–H and O–H groups in total. The van der Waals surface area contributed by atoms with Gasteiger partial charge in [-0.15, -0.1) is 0 Å². The van der Waals surface area contributed by atoms with Crippen LogP contribution in [0, 0.1) is 0 Å². The molecule has 0 aromatic heterocycles. The molecule has 0 radical (unpaired) electrons. The van der Waals surface area contributed by atoms with Crippen molar-refractivity contribution in [2.45, 2.75) is 0 Å². The highest BCUT2D eigenvalue weighted by molar-refractivity contribution is 6.15. The van der Waals surface area contributed by atoms with Gasteiger partial charge in [0.1, 0.15) is 11.5 Å². The van der Waals surface area contributed by atoms with Crippen LogP contribution >= 0.6 is 0 Å². The molecule has 5 nitrogen and oxygen atoms in total. The molecule has 5 heterocycles. The van der Waals surface area contributed by atoms with Crippen molar-refractivity contribution < 1.29 is 5.11 Å². The van der Waals surface area contributed by atoms with Gasteiger partial charge in [-0.2, -0.15) is 0 Å². The molecule has 5 heteroatoms. The van der Waals surface area contributed by atoms with Crippen LogP contribution in [-0.4, -0.2) is 28.0 Å². The van der Waals surface area contributed by atoms with E-state index < -0.39 is 0 Å². The summed E-state index contributed by atoms with van der Waals surface area (Å²) in [6.45, 7) is 0. The van der Waals surface area contributed by atoms with Crippen LogP contribution in [0.1, 0.15) is 0 Å². The Labute approximate surface area is 180 Å². The lowest BCUT2D eigenvalue weighted by Gasteiger charge is -1.94. The van der Waals surface area contributed by atoms with Crippen molar-refractivity contribution in [3.05, 3.63) is 132 Å². The van der Waals surface area contributed by atoms with Crippen LogP contribution in [0.4, 0.5) is 0 Å². The Morgan fingerprint density at radius 1 is 0.419 bits per heavy atom. The Bertz CT molecular complexity index is 1280. The summed E-state index contributed by atoms with van der Waals surface area (Å²) < 4.78 is 0. The molecule has 0 saturated heterocycles. The number of aliphatic hydroxyl groups is 1. The summed E-state index contributed by atoms with van der Waals surface area (Å²) in [5, 5.41) is 10.1. The average molecular weight is 402 g/mol. The minimum Gasteiger partial charge on any atom is -0.506 e. The number of allylic oxidation sites excluding steroid dienone is 11. The van der Waals surface area contributed by atoms with Gasteiger partial charge in [0.25, 0.3) is 0 Å². The maximum Gasteiger partial charge on any atom is 0.143 e. The van der Waals surface area contributed by atoms with Crippen LogP contribution in [0.2, 0.25) is 0 Å². The number of aliphatic imine (C=N–C) groups is 4. The second-order valence-corrected chi connectivity index (χ2v) is 7.07. The van der Waals surface area contributed by atoms with E-state index in [0.29, 0.717) is 11.4 Å². The summed E-state index contributed by atoms with van der Waals surface area (Å²) in [4.78, 5) is 18.1. The van der Waals surface area contributed by atoms with Gasteiger partial charge in [-0.1, -0.05) is 36.4 Å². The second kappa shape index (κ2) is 8.16. The number of benzene rings is 1. The van der Waals surface area contributed by atoms with E-state index in [-0.39, 0.29) is 5.76 Å². The Morgan fingerprint density at radius 2 is 0.839 bits per heavy atom. The van der Waals surface area contributed by atoms with E-state index in [2.05, 4.69) is 20.0 Å². The molecular formula is C26H18N4O. The second-order valence-electron chi connectivity index (χ2n) is 7.07. The van der Waals surface area contributed by atoms with Gasteiger partial charge in [0.15, 0.2) is 0 Å². The summed E-state index contributed by atoms with van der Waals surface area (Å²) in [7, 11) is 0. The summed E-state index contributed by atoms with van der Waals surface area (Å²) in [6.07, 6.45) is 20.6. The summed E-state index contributed by atoms with van der Waals surface area (Å²) in [5.41, 5.74) is 6.03. The van der Waals surface area contributed by atoms with Crippen molar-refractivity contribution in [1.29, 1.82) is 0 Å². The van der Waals surface area contributed by atoms with E-state index in [0.717, 1.165) is 34.2 Å². The van der Waals surface area contributed by atoms with Gasteiger partial charge in [0, 0.05) is 6.08 Å². The van der Waals surface area contributed by atoms with Crippen molar-refractivity contribution >= 4 is 22.8 Å². The molecule has 6 rings (SSSR count). The molecule has 31 heavy (non-hydrogen) atoms. The first kappa shape index (κ1) is 18.6. The molecule has 8 bridgehead atoms. The third kappa shape index (κ3) is 4.46. The van der Waals surface area contributed by atoms with Crippen LogP contribution in [0.15, 0.2) is 152 Å². The summed E-state index contributed by atoms with van der Waals surface area (Å²) in [6, 6.07) is 12.0. The Morgan fingerprint density at radius 3 is 1.32 bits per heavy atom. The van der Waals surface area contributed by atoms with Crippen LogP contribution < -0.4 is 0 Å². The fourth-order valence-corrected chi connectivity index (χ4v) is 3.27. The molecule has 0 atom stereocenters. The third-order valence-corrected chi connectivity index (χ3v) is 4.68. The zero-order valence-corrected chi connectivity index (χ0v) is 16.6. The monoisotopic (exact) mass is 402 g/mol. The SMILES string of the molecule is OC1=CC2=CC3=NC(=CC4=NC(=CC5=NC(=CC1=N2)C=C5)C=C4)C=C3.c1ccccc1. The number of hydrogen-bond acceptors (Lipinski definition) is 5. The maximum absolute atomic E-state index is 10.1. The zero-order valence-electron chi connectivity index (χ0n) is 16.6. The molecule has 5 aliphatic heterocycles. The topological polar surface area (TPSA) is 69.7 Å². The molecule has 0 unspecified atom stereocenters. The van der Waals surface area contributed by atoms with Gasteiger partial charge in [0.05, 0.1) is 39.9 Å². The lowest BCUT2D eigenvalue weighted by molar-refractivity contribution is 0.446. The summed E-state index contributed by atoms with van der Waals surface area (Å²) in [5.74, 6) is 0.129. The van der Waals surface area contributed by atoms with E-state index >= 15 is 0 Å². The minimum atomic E-state index is 0.129. The predicted molar refractivity (Wildman–Crippen MR) is 127 cm³/mol. The van der Waals surface area contributed by atoms with Gasteiger partial charge in [-0.3, -0.25) is 0 Å². The average Bonchev–Trinajstić information content (AvgIpc) is 3.56. The predicted octanol–water partition coefficient (Wildman–Crippen LogP) is 5.15. The lowest BCUT2D eigenvalue weighted by Crippen LogP contribution is -1.94. The first-order chi connectivity index (χ1) is 15.2. The van der Waals surface area contributed by atoms with Gasteiger partial charge in [-0.05, 0) is 60.8 Å². The largest absolute Gasteiger partial charge is 0.506 e. The van der Waals surface area contributed by atoms with Crippen molar-refractivity contribution in [1.82, 2.24) is 0 Å². The summed E-state index contributed by atoms with van der Waals surface area (Å²) >= 11 is 0. The highest BCUT2D eigenvalue weighted by Gasteiger charge is 2.15. The molecule has 0 aliphatic carbocycles. The van der Waals surface area contributed by atoms with Gasteiger partial charge < -0.3 is 5.11 Å². The van der Waals surface area contributed by atoms with Gasteiger partial charge in [-0.25, -0.2) is 20.0 Å². The van der Waals surface area contributed by atoms with Crippen molar-refractivity contribution in [3.8, 4) is 0 Å². The van der Waals surface area contributed by atoms with E-state index in [1.54, 1.807) is 12.2 Å². The van der Waals surface area contributed by atoms with E-state index in [1.807, 2.05) is 91.1 Å². The molecule has 1 aromatic rings. The van der Waals surface area contributed by atoms with Crippen LogP contribution in [0.5, 0.6) is 0 Å². The highest BCUT2D eigenvalue weighted by atomic mass is 16.3. The van der Waals surface area contributed by atoms with Crippen LogP contribution in [0.3, 0.4) is 0 Å². The van der Waals surface area contributed by atoms with Crippen molar-refractivity contribution in [3.63, 3.8) is 0 Å². The van der Waals surface area contributed by atoms with Gasteiger partial charge >= 0.3 is 0 Å². The minimum absolute atomic E-state index is 0.129. The molecule has 0 saturated carbocycles. The number of hydrogen-bond donors (Lipinski definition) is 1. The quantitative estimate of drug-likeness (QED) is 0.640. The van der Waals surface area contributed by atoms with E-state index in [4.69, 9.17) is 0 Å². The first-order valence-corrected chi connectivity index (χ1v) is 9.88. The molecule has 0 amide bonds. The number of rotatable bonds is 0. The van der Waals surface area contributed by atoms with E-state index in [1.165, 1.54) is 0 Å². The molecule has 0 fully saturated rings. The Balaban J connectivity index is 0.000000296. The lowest BCUT2D eigenvalue weighted by atomic mass is 10.2. The normalized spacial score (nSPS) is 19.8. The number of aliphatic hydroxyl groups excluding tert-OH is 1. The fourth-order valence-electron chi connectivity index (χ4n) is 3.27. The first-order valence-electron chi connectivity index (χ1n) is 9.88. The highest BCUT2D eigenvalue weighted by Crippen LogP contribution is 2.22. The molecule has 0 spiro atoms. The number of fused-ring (bicyclic) bond motifs is 4. The van der Waals surface area contributed by atoms with Crippen molar-refractivity contribution in [2.75, 3.05) is 0 Å². The molecular weight excluding hydrogens is 384 g/mol. The third-order valence-electron chi connectivity index (χ3n) is 4.68. The Kier molecular flexibility index (Phi) is 4.91. The molecule has 5 aliphatic rings. The van der Waals surface area contributed by atoms with Crippen LogP contribution in [-0.2, 0) is 0 Å². The number of nitrogens with zero attached hydrogens (tertiary/aromatic N) is 4. The van der Waals surface area contributed by atoms with E-state index in [9.17, 15) is 5.11 Å². The van der Waals surface area contributed by atoms with Crippen molar-refractivity contribution in [2.24, 2.45) is 20.0 Å². The molecule has 148 valence electrons. The molecule has 1 aromatic carbocycles. The van der Waals surface area contributed by atoms with Gasteiger partial charge in [0.2, 0.25) is 0 Å². The Hall–Kier alpha value is -4.38. The zero-order chi connectivity index (χ0) is 21.0.